The molecule has 0 amide bonds. The van der Waals surface area contributed by atoms with Crippen molar-refractivity contribution in [1.29, 1.82) is 5.41 Å². The second-order valence-electron chi connectivity index (χ2n) is 5.33. The molecule has 1 aliphatic heterocycles. The topological polar surface area (TPSA) is 150 Å². The van der Waals surface area contributed by atoms with Gasteiger partial charge >= 0.3 is 0 Å². The van der Waals surface area contributed by atoms with E-state index in [-0.39, 0.29) is 30.1 Å². The zero-order valence-corrected chi connectivity index (χ0v) is 9.76. The van der Waals surface area contributed by atoms with Crippen LogP contribution in [0.5, 0.6) is 0 Å². The Morgan fingerprint density at radius 2 is 2.21 bits per heavy atom. The lowest BCUT2D eigenvalue weighted by Gasteiger charge is -2.21. The van der Waals surface area contributed by atoms with Crippen LogP contribution >= 0.6 is 0 Å². The SMILES string of the molecule is N=C(N)c1ncn([C@]23O[C@]4(CO)C(C2[C@@H]3O)[C@@H]4O)n1. The fourth-order valence-electron chi connectivity index (χ4n) is 3.42. The maximum atomic E-state index is 10.0. The maximum Gasteiger partial charge on any atom is 0.215 e. The third kappa shape index (κ3) is 1.01. The van der Waals surface area contributed by atoms with Crippen LogP contribution in [0.1, 0.15) is 5.82 Å². The molecular weight excluding hydrogens is 254 g/mol. The molecule has 1 aromatic heterocycles. The number of rotatable bonds is 3. The number of ether oxygens (including phenoxy) is 1. The minimum atomic E-state index is -1.09. The van der Waals surface area contributed by atoms with E-state index >= 15 is 0 Å². The number of aromatic nitrogens is 3. The molecule has 1 aromatic rings. The fraction of sp³-hybridized carbons (Fsp3) is 0.700. The minimum Gasteiger partial charge on any atom is -0.393 e. The highest BCUT2D eigenvalue weighted by Crippen LogP contribution is 2.75. The standard InChI is InChI=1S/C10H13N5O4/c11-7(12)8-13-2-15(14-8)10-4(6(10)18)3-5(17)9(3,1-16)19-10/h2-6,16-18H,1H2,(H3,11,12)/t3?,4?,5-,6-,9+,10-/m0/s1. The Labute approximate surface area is 107 Å². The van der Waals surface area contributed by atoms with E-state index in [1.54, 1.807) is 0 Å². The molecule has 19 heavy (non-hydrogen) atoms. The van der Waals surface area contributed by atoms with Crippen LogP contribution in [0.3, 0.4) is 0 Å². The molecule has 2 aliphatic carbocycles. The van der Waals surface area contributed by atoms with E-state index in [9.17, 15) is 15.3 Å². The molecule has 0 aromatic carbocycles. The van der Waals surface area contributed by atoms with Crippen molar-refractivity contribution in [3.63, 3.8) is 0 Å². The van der Waals surface area contributed by atoms with E-state index in [2.05, 4.69) is 10.1 Å². The van der Waals surface area contributed by atoms with Gasteiger partial charge < -0.3 is 25.8 Å². The average Bonchev–Trinajstić information content (AvgIpc) is 2.99. The van der Waals surface area contributed by atoms with E-state index in [0.717, 1.165) is 0 Å². The molecule has 9 nitrogen and oxygen atoms in total. The molecule has 0 radical (unpaired) electrons. The highest BCUT2D eigenvalue weighted by atomic mass is 16.6. The van der Waals surface area contributed by atoms with Gasteiger partial charge in [-0.1, -0.05) is 0 Å². The molecule has 2 saturated carbocycles. The van der Waals surface area contributed by atoms with Crippen LogP contribution in [0.15, 0.2) is 6.33 Å². The van der Waals surface area contributed by atoms with E-state index in [4.69, 9.17) is 15.9 Å². The van der Waals surface area contributed by atoms with Crippen LogP contribution in [-0.2, 0) is 10.5 Å². The molecule has 2 heterocycles. The van der Waals surface area contributed by atoms with Gasteiger partial charge in [-0.05, 0) is 0 Å². The highest BCUT2D eigenvalue weighted by molar-refractivity contribution is 5.90. The summed E-state index contributed by atoms with van der Waals surface area (Å²) in [6.45, 7) is -0.307. The molecule has 3 aliphatic rings. The molecule has 102 valence electrons. The summed E-state index contributed by atoms with van der Waals surface area (Å²) in [6.07, 6.45) is -0.235. The van der Waals surface area contributed by atoms with Crippen molar-refractivity contribution in [2.24, 2.45) is 17.6 Å². The first-order valence-electron chi connectivity index (χ1n) is 5.93. The Morgan fingerprint density at radius 3 is 2.79 bits per heavy atom. The summed E-state index contributed by atoms with van der Waals surface area (Å²) in [5.74, 6) is -0.842. The quantitative estimate of drug-likeness (QED) is 0.288. The number of nitrogens with one attached hydrogen (secondary N) is 1. The zero-order chi connectivity index (χ0) is 13.6. The number of aliphatic hydroxyl groups excluding tert-OH is 3. The summed E-state index contributed by atoms with van der Waals surface area (Å²) in [4.78, 5) is 3.86. The van der Waals surface area contributed by atoms with Crippen LogP contribution in [0, 0.1) is 17.2 Å². The third-order valence-electron chi connectivity index (χ3n) is 4.51. The number of hydrogen-bond acceptors (Lipinski definition) is 7. The van der Waals surface area contributed by atoms with Gasteiger partial charge in [0.1, 0.15) is 18.0 Å². The number of nitrogen functional groups attached to an aromatic ring is 1. The number of nitrogens with two attached hydrogens (primary N) is 1. The fourth-order valence-corrected chi connectivity index (χ4v) is 3.42. The second kappa shape index (κ2) is 2.96. The summed E-state index contributed by atoms with van der Waals surface area (Å²) >= 11 is 0. The molecule has 6 N–H and O–H groups in total. The second-order valence-corrected chi connectivity index (χ2v) is 5.33. The number of amidine groups is 1. The predicted octanol–water partition coefficient (Wildman–Crippen LogP) is -3.04. The lowest BCUT2D eigenvalue weighted by molar-refractivity contribution is -0.139. The molecule has 0 bridgehead atoms. The first kappa shape index (κ1) is 11.3. The lowest BCUT2D eigenvalue weighted by atomic mass is 10.2. The van der Waals surface area contributed by atoms with Crippen molar-refractivity contribution in [2.45, 2.75) is 23.5 Å². The first-order chi connectivity index (χ1) is 8.99. The van der Waals surface area contributed by atoms with E-state index < -0.39 is 23.5 Å². The van der Waals surface area contributed by atoms with Crippen molar-refractivity contribution in [3.8, 4) is 0 Å². The van der Waals surface area contributed by atoms with Crippen LogP contribution in [0.25, 0.3) is 0 Å². The Balaban J connectivity index is 1.71. The number of nitrogens with zero attached hydrogens (tertiary/aromatic N) is 3. The van der Waals surface area contributed by atoms with Crippen LogP contribution < -0.4 is 5.73 Å². The Bertz CT molecular complexity index is 590. The lowest BCUT2D eigenvalue weighted by Crippen LogP contribution is -2.35. The summed E-state index contributed by atoms with van der Waals surface area (Å²) in [6, 6.07) is 0. The normalized spacial score (nSPS) is 49.6. The van der Waals surface area contributed by atoms with Gasteiger partial charge in [0.25, 0.3) is 0 Å². The van der Waals surface area contributed by atoms with Crippen LogP contribution in [0.4, 0.5) is 0 Å². The van der Waals surface area contributed by atoms with Gasteiger partial charge in [-0.15, -0.1) is 5.10 Å². The first-order valence-corrected chi connectivity index (χ1v) is 5.93. The van der Waals surface area contributed by atoms with Gasteiger partial charge in [-0.3, -0.25) is 5.41 Å². The average molecular weight is 267 g/mol. The largest absolute Gasteiger partial charge is 0.393 e. The molecule has 9 heteroatoms. The monoisotopic (exact) mass is 267 g/mol. The van der Waals surface area contributed by atoms with Gasteiger partial charge in [0, 0.05) is 5.92 Å². The summed E-state index contributed by atoms with van der Waals surface area (Å²) in [7, 11) is 0. The van der Waals surface area contributed by atoms with Crippen LogP contribution in [0.2, 0.25) is 0 Å². The summed E-state index contributed by atoms with van der Waals surface area (Å²) < 4.78 is 7.07. The van der Waals surface area contributed by atoms with Crippen molar-refractivity contribution in [3.05, 3.63) is 12.2 Å². The van der Waals surface area contributed by atoms with Crippen molar-refractivity contribution in [2.75, 3.05) is 6.61 Å². The number of hydrogen-bond donors (Lipinski definition) is 5. The van der Waals surface area contributed by atoms with E-state index in [1.807, 2.05) is 0 Å². The number of fused-ring (bicyclic) bond motifs is 3. The predicted molar refractivity (Wildman–Crippen MR) is 58.9 cm³/mol. The molecule has 1 saturated heterocycles. The Hall–Kier alpha value is -1.55. The Morgan fingerprint density at radius 1 is 1.47 bits per heavy atom. The van der Waals surface area contributed by atoms with Crippen molar-refractivity contribution < 1.29 is 20.1 Å². The zero-order valence-electron chi connectivity index (χ0n) is 9.76. The molecule has 4 rings (SSSR count). The van der Waals surface area contributed by atoms with E-state index in [0.29, 0.717) is 0 Å². The van der Waals surface area contributed by atoms with Gasteiger partial charge in [-0.25, -0.2) is 9.67 Å². The van der Waals surface area contributed by atoms with Gasteiger partial charge in [-0.2, -0.15) is 0 Å². The van der Waals surface area contributed by atoms with Crippen LogP contribution in [-0.4, -0.2) is 60.3 Å². The molecule has 3 fully saturated rings. The maximum absolute atomic E-state index is 10.0. The number of aliphatic hydroxyl groups is 3. The molecule has 6 atom stereocenters. The van der Waals surface area contributed by atoms with Gasteiger partial charge in [0.05, 0.1) is 18.6 Å². The molecule has 0 spiro atoms. The van der Waals surface area contributed by atoms with Crippen molar-refractivity contribution >= 4 is 5.84 Å². The van der Waals surface area contributed by atoms with Crippen molar-refractivity contribution in [1.82, 2.24) is 14.8 Å². The summed E-state index contributed by atoms with van der Waals surface area (Å²) in [5.41, 5.74) is 3.21. The Kier molecular flexibility index (Phi) is 1.76. The van der Waals surface area contributed by atoms with E-state index in [1.165, 1.54) is 11.0 Å². The molecular formula is C10H13N5O4. The summed E-state index contributed by atoms with van der Waals surface area (Å²) in [5, 5.41) is 40.4. The minimum absolute atomic E-state index is 0.0509. The highest BCUT2D eigenvalue weighted by Gasteiger charge is 2.91. The molecule has 2 unspecified atom stereocenters. The van der Waals surface area contributed by atoms with Gasteiger partial charge in [0.15, 0.2) is 11.6 Å². The third-order valence-corrected chi connectivity index (χ3v) is 4.51. The van der Waals surface area contributed by atoms with Gasteiger partial charge in [0.2, 0.25) is 5.82 Å². The smallest absolute Gasteiger partial charge is 0.215 e.